The van der Waals surface area contributed by atoms with Crippen LogP contribution in [0, 0.1) is 5.92 Å². The first-order valence-electron chi connectivity index (χ1n) is 11.1. The smallest absolute Gasteiger partial charge is 0.336 e. The number of methoxy groups -OCH3 is 1. The number of hydrogen-bond donors (Lipinski definition) is 2. The van der Waals surface area contributed by atoms with Crippen molar-refractivity contribution in [2.24, 2.45) is 11.7 Å². The summed E-state index contributed by atoms with van der Waals surface area (Å²) in [5.41, 5.74) is 6.78. The number of ether oxygens (including phenoxy) is 3. The lowest BCUT2D eigenvalue weighted by molar-refractivity contribution is 0.234. The zero-order chi connectivity index (χ0) is 23.0. The van der Waals surface area contributed by atoms with Gasteiger partial charge in [0, 0.05) is 5.56 Å². The Hall–Kier alpha value is -3.75. The zero-order valence-electron chi connectivity index (χ0n) is 18.7. The van der Waals surface area contributed by atoms with E-state index in [1.165, 1.54) is 25.7 Å². The van der Waals surface area contributed by atoms with E-state index in [1.807, 2.05) is 48.5 Å². The molecule has 0 radical (unpaired) electrons. The predicted molar refractivity (Wildman–Crippen MR) is 124 cm³/mol. The molecular weight excluding hydrogens is 422 g/mol. The molecule has 2 amide bonds. The molecule has 0 unspecified atom stereocenters. The van der Waals surface area contributed by atoms with Gasteiger partial charge < -0.3 is 25.3 Å². The molecule has 0 aliphatic heterocycles. The number of nitrogens with two attached hydrogens (primary N) is 1. The number of aromatic nitrogens is 3. The number of rotatable bonds is 10. The molecule has 9 heteroatoms. The van der Waals surface area contributed by atoms with E-state index in [-0.39, 0.29) is 0 Å². The molecule has 2 aromatic carbocycles. The Kier molecular flexibility index (Phi) is 7.29. The average Bonchev–Trinajstić information content (AvgIpc) is 3.51. The molecular formula is C24H29N5O4. The standard InChI is InChI=1S/C24H29N5O4/c1-31-20-12-8-19(9-13-20)29-22(27-24(28-29)33-16-17-4-2-3-5-17)18-6-10-21(11-7-18)32-15-14-26-23(25)30/h6-13,17H,2-5,14-16H2,1H3,(H3,25,26,30). The van der Waals surface area contributed by atoms with E-state index < -0.39 is 6.03 Å². The highest BCUT2D eigenvalue weighted by Gasteiger charge is 2.19. The maximum Gasteiger partial charge on any atom is 0.336 e. The lowest BCUT2D eigenvalue weighted by Gasteiger charge is -2.09. The summed E-state index contributed by atoms with van der Waals surface area (Å²) in [4.78, 5) is 15.4. The van der Waals surface area contributed by atoms with Crippen molar-refractivity contribution in [2.45, 2.75) is 25.7 Å². The summed E-state index contributed by atoms with van der Waals surface area (Å²) < 4.78 is 18.7. The van der Waals surface area contributed by atoms with Crippen LogP contribution in [0.1, 0.15) is 25.7 Å². The fourth-order valence-corrected chi connectivity index (χ4v) is 3.86. The van der Waals surface area contributed by atoms with E-state index in [9.17, 15) is 4.79 Å². The van der Waals surface area contributed by atoms with E-state index in [0.29, 0.717) is 43.3 Å². The first-order chi connectivity index (χ1) is 16.1. The summed E-state index contributed by atoms with van der Waals surface area (Å²) in [7, 11) is 1.64. The molecule has 0 atom stereocenters. The molecule has 0 bridgehead atoms. The van der Waals surface area contributed by atoms with Crippen LogP contribution >= 0.6 is 0 Å². The van der Waals surface area contributed by atoms with Crippen LogP contribution in [0.4, 0.5) is 4.79 Å². The second kappa shape index (κ2) is 10.7. The Balaban J connectivity index is 1.53. The van der Waals surface area contributed by atoms with Crippen LogP contribution in [-0.2, 0) is 0 Å². The number of nitrogens with zero attached hydrogens (tertiary/aromatic N) is 3. The van der Waals surface area contributed by atoms with Gasteiger partial charge in [0.2, 0.25) is 0 Å². The maximum atomic E-state index is 10.7. The lowest BCUT2D eigenvalue weighted by Crippen LogP contribution is -2.32. The highest BCUT2D eigenvalue weighted by Crippen LogP contribution is 2.28. The second-order valence-electron chi connectivity index (χ2n) is 7.95. The summed E-state index contributed by atoms with van der Waals surface area (Å²) in [5.74, 6) is 2.69. The molecule has 1 fully saturated rings. The van der Waals surface area contributed by atoms with Gasteiger partial charge in [-0.05, 0) is 67.3 Å². The van der Waals surface area contributed by atoms with Gasteiger partial charge in [0.05, 0.1) is 25.9 Å². The lowest BCUT2D eigenvalue weighted by atomic mass is 10.1. The quantitative estimate of drug-likeness (QED) is 0.456. The van der Waals surface area contributed by atoms with Crippen molar-refractivity contribution in [2.75, 3.05) is 26.9 Å². The third-order valence-corrected chi connectivity index (χ3v) is 5.61. The predicted octanol–water partition coefficient (Wildman–Crippen LogP) is 3.56. The normalized spacial score (nSPS) is 13.6. The minimum atomic E-state index is -0.572. The Morgan fingerprint density at radius 3 is 2.42 bits per heavy atom. The van der Waals surface area contributed by atoms with Gasteiger partial charge in [0.1, 0.15) is 18.1 Å². The molecule has 0 spiro atoms. The monoisotopic (exact) mass is 451 g/mol. The minimum Gasteiger partial charge on any atom is -0.497 e. The Labute approximate surface area is 192 Å². The summed E-state index contributed by atoms with van der Waals surface area (Å²) >= 11 is 0. The second-order valence-corrected chi connectivity index (χ2v) is 7.95. The molecule has 3 aromatic rings. The number of primary amides is 1. The number of amides is 2. The van der Waals surface area contributed by atoms with E-state index in [2.05, 4.69) is 15.4 Å². The summed E-state index contributed by atoms with van der Waals surface area (Å²) in [6, 6.07) is 15.0. The first-order valence-corrected chi connectivity index (χ1v) is 11.1. The van der Waals surface area contributed by atoms with Gasteiger partial charge in [-0.3, -0.25) is 0 Å². The fourth-order valence-electron chi connectivity index (χ4n) is 3.86. The minimum absolute atomic E-state index is 0.323. The Morgan fingerprint density at radius 2 is 1.76 bits per heavy atom. The number of carbonyl (C=O) groups is 1. The van der Waals surface area contributed by atoms with E-state index in [1.54, 1.807) is 11.8 Å². The molecule has 9 nitrogen and oxygen atoms in total. The maximum absolute atomic E-state index is 10.7. The number of carbonyl (C=O) groups excluding carboxylic acids is 1. The summed E-state index contributed by atoms with van der Waals surface area (Å²) in [6.07, 6.45) is 4.92. The molecule has 1 aromatic heterocycles. The van der Waals surface area contributed by atoms with Crippen molar-refractivity contribution >= 4 is 6.03 Å². The molecule has 0 saturated heterocycles. The Morgan fingerprint density at radius 1 is 1.06 bits per heavy atom. The zero-order valence-corrected chi connectivity index (χ0v) is 18.7. The number of nitrogens with one attached hydrogen (secondary N) is 1. The molecule has 33 heavy (non-hydrogen) atoms. The van der Waals surface area contributed by atoms with Crippen molar-refractivity contribution in [1.29, 1.82) is 0 Å². The summed E-state index contributed by atoms with van der Waals surface area (Å²) in [5, 5.41) is 7.12. The number of benzene rings is 2. The van der Waals surface area contributed by atoms with Crippen LogP contribution in [0.2, 0.25) is 0 Å². The fraction of sp³-hybridized carbons (Fsp3) is 0.375. The molecule has 174 valence electrons. The van der Waals surface area contributed by atoms with E-state index >= 15 is 0 Å². The van der Waals surface area contributed by atoms with Crippen molar-refractivity contribution < 1.29 is 19.0 Å². The van der Waals surface area contributed by atoms with Crippen molar-refractivity contribution in [3.05, 3.63) is 48.5 Å². The molecule has 1 heterocycles. The average molecular weight is 452 g/mol. The highest BCUT2D eigenvalue weighted by molar-refractivity contribution is 5.71. The van der Waals surface area contributed by atoms with E-state index in [4.69, 9.17) is 19.9 Å². The first kappa shape index (κ1) is 22.4. The SMILES string of the molecule is COc1ccc(-n2nc(OCC3CCCC3)nc2-c2ccc(OCCNC(N)=O)cc2)cc1. The van der Waals surface area contributed by atoms with Crippen LogP contribution in [0.5, 0.6) is 17.5 Å². The van der Waals surface area contributed by atoms with Gasteiger partial charge in [-0.15, -0.1) is 5.10 Å². The van der Waals surface area contributed by atoms with Crippen LogP contribution in [-0.4, -0.2) is 47.7 Å². The number of hydrogen-bond acceptors (Lipinski definition) is 6. The van der Waals surface area contributed by atoms with Crippen molar-refractivity contribution in [3.8, 4) is 34.6 Å². The van der Waals surface area contributed by atoms with Crippen molar-refractivity contribution in [3.63, 3.8) is 0 Å². The third kappa shape index (κ3) is 5.94. The van der Waals surface area contributed by atoms with Crippen LogP contribution in [0.25, 0.3) is 17.1 Å². The molecule has 3 N–H and O–H groups in total. The molecule has 1 aliphatic carbocycles. The Bertz CT molecular complexity index is 1040. The van der Waals surface area contributed by atoms with Crippen LogP contribution in [0.3, 0.4) is 0 Å². The van der Waals surface area contributed by atoms with Gasteiger partial charge in [-0.1, -0.05) is 12.8 Å². The third-order valence-electron chi connectivity index (χ3n) is 5.61. The van der Waals surface area contributed by atoms with Crippen molar-refractivity contribution in [1.82, 2.24) is 20.1 Å². The number of urea groups is 1. The van der Waals surface area contributed by atoms with Gasteiger partial charge in [0.25, 0.3) is 0 Å². The molecule has 1 aliphatic rings. The topological polar surface area (TPSA) is 114 Å². The van der Waals surface area contributed by atoms with Crippen LogP contribution < -0.4 is 25.3 Å². The van der Waals surface area contributed by atoms with Crippen LogP contribution in [0.15, 0.2) is 48.5 Å². The highest BCUT2D eigenvalue weighted by atomic mass is 16.5. The van der Waals surface area contributed by atoms with Gasteiger partial charge in [0.15, 0.2) is 5.82 Å². The van der Waals surface area contributed by atoms with Gasteiger partial charge >= 0.3 is 12.0 Å². The molecule has 4 rings (SSSR count). The van der Waals surface area contributed by atoms with Gasteiger partial charge in [-0.2, -0.15) is 4.98 Å². The van der Waals surface area contributed by atoms with Gasteiger partial charge in [-0.25, -0.2) is 9.48 Å². The van der Waals surface area contributed by atoms with E-state index in [0.717, 1.165) is 17.0 Å². The molecule has 1 saturated carbocycles. The largest absolute Gasteiger partial charge is 0.497 e. The summed E-state index contributed by atoms with van der Waals surface area (Å²) in [6.45, 7) is 1.30.